The van der Waals surface area contributed by atoms with Gasteiger partial charge in [0.25, 0.3) is 5.91 Å². The van der Waals surface area contributed by atoms with E-state index in [-0.39, 0.29) is 11.3 Å². The minimum Gasteiger partial charge on any atom is -0.493 e. The summed E-state index contributed by atoms with van der Waals surface area (Å²) in [6.45, 7) is 4.36. The van der Waals surface area contributed by atoms with Gasteiger partial charge in [0.15, 0.2) is 11.5 Å². The number of amides is 1. The molecule has 0 radical (unpaired) electrons. The lowest BCUT2D eigenvalue weighted by atomic mass is 9.84. The average molecular weight is 379 g/mol. The fourth-order valence-corrected chi connectivity index (χ4v) is 3.55. The molecule has 6 nitrogen and oxygen atoms in total. The van der Waals surface area contributed by atoms with Crippen molar-refractivity contribution in [2.75, 3.05) is 26.2 Å². The first-order chi connectivity index (χ1) is 13.4. The van der Waals surface area contributed by atoms with Crippen LogP contribution in [0.2, 0.25) is 0 Å². The normalized spacial score (nSPS) is 16.3. The molecule has 28 heavy (non-hydrogen) atoms. The zero-order valence-corrected chi connectivity index (χ0v) is 16.8. The van der Waals surface area contributed by atoms with Gasteiger partial charge >= 0.3 is 0 Å². The van der Waals surface area contributed by atoms with Gasteiger partial charge in [-0.2, -0.15) is 5.10 Å². The van der Waals surface area contributed by atoms with Crippen molar-refractivity contribution in [2.45, 2.75) is 19.3 Å². The van der Waals surface area contributed by atoms with E-state index in [2.05, 4.69) is 47.5 Å². The van der Waals surface area contributed by atoms with Gasteiger partial charge in [-0.25, -0.2) is 5.43 Å². The van der Waals surface area contributed by atoms with Crippen molar-refractivity contribution in [3.63, 3.8) is 0 Å². The van der Waals surface area contributed by atoms with E-state index < -0.39 is 0 Å². The first-order valence-electron chi connectivity index (χ1n) is 8.99. The minimum absolute atomic E-state index is 0.134. The number of allylic oxidation sites excluding steroid dienone is 2. The summed E-state index contributed by atoms with van der Waals surface area (Å²) in [5.41, 5.74) is 6.41. The number of hydrazone groups is 1. The molecular weight excluding hydrogens is 354 g/mol. The molecule has 146 valence electrons. The molecule has 1 heterocycles. The molecule has 6 heteroatoms. The van der Waals surface area contributed by atoms with Gasteiger partial charge in [-0.3, -0.25) is 4.79 Å². The maximum absolute atomic E-state index is 12.3. The number of benzene rings is 2. The molecular formula is C22H25N3O3. The topological polar surface area (TPSA) is 63.2 Å². The largest absolute Gasteiger partial charge is 0.493 e. The molecule has 1 amide bonds. The van der Waals surface area contributed by atoms with Crippen LogP contribution in [0.1, 0.15) is 29.8 Å². The summed E-state index contributed by atoms with van der Waals surface area (Å²) in [6, 6.07) is 13.3. The van der Waals surface area contributed by atoms with E-state index in [1.807, 2.05) is 19.2 Å². The van der Waals surface area contributed by atoms with Crippen LogP contribution < -0.4 is 19.8 Å². The highest BCUT2D eigenvalue weighted by molar-refractivity contribution is 5.95. The number of anilines is 1. The summed E-state index contributed by atoms with van der Waals surface area (Å²) >= 11 is 0. The van der Waals surface area contributed by atoms with Crippen LogP contribution in [0.3, 0.4) is 0 Å². The highest BCUT2D eigenvalue weighted by Crippen LogP contribution is 2.46. The molecule has 0 unspecified atom stereocenters. The maximum atomic E-state index is 12.3. The molecule has 1 aliphatic heterocycles. The van der Waals surface area contributed by atoms with E-state index in [0.29, 0.717) is 17.1 Å². The van der Waals surface area contributed by atoms with Crippen molar-refractivity contribution in [1.82, 2.24) is 5.43 Å². The Hall–Kier alpha value is -3.28. The predicted octanol–water partition coefficient (Wildman–Crippen LogP) is 3.73. The molecule has 3 rings (SSSR count). The highest BCUT2D eigenvalue weighted by atomic mass is 16.5. The number of nitrogens with one attached hydrogen (secondary N) is 1. The second kappa shape index (κ2) is 7.76. The van der Waals surface area contributed by atoms with Gasteiger partial charge < -0.3 is 14.4 Å². The van der Waals surface area contributed by atoms with Gasteiger partial charge in [-0.1, -0.05) is 32.0 Å². The molecule has 0 spiro atoms. The summed E-state index contributed by atoms with van der Waals surface area (Å²) < 4.78 is 10.4. The fraction of sp³-hybridized carbons (Fsp3) is 0.273. The molecule has 0 saturated heterocycles. The average Bonchev–Trinajstić information content (AvgIpc) is 2.90. The van der Waals surface area contributed by atoms with Gasteiger partial charge in [0.05, 0.1) is 14.2 Å². The molecule has 1 aliphatic rings. The number of fused-ring (bicyclic) bond motifs is 1. The fourth-order valence-electron chi connectivity index (χ4n) is 3.55. The zero-order valence-electron chi connectivity index (χ0n) is 16.8. The van der Waals surface area contributed by atoms with E-state index in [0.717, 1.165) is 5.70 Å². The highest BCUT2D eigenvalue weighted by Gasteiger charge is 2.37. The van der Waals surface area contributed by atoms with Gasteiger partial charge in [-0.15, -0.1) is 0 Å². The van der Waals surface area contributed by atoms with Crippen molar-refractivity contribution in [3.05, 3.63) is 65.4 Å². The van der Waals surface area contributed by atoms with Crippen LogP contribution in [0.4, 0.5) is 5.69 Å². The van der Waals surface area contributed by atoms with Crippen molar-refractivity contribution >= 4 is 17.8 Å². The van der Waals surface area contributed by atoms with Gasteiger partial charge in [0, 0.05) is 35.6 Å². The third-order valence-corrected chi connectivity index (χ3v) is 5.06. The second-order valence-corrected chi connectivity index (χ2v) is 7.04. The number of carbonyl (C=O) groups is 1. The van der Waals surface area contributed by atoms with Crippen molar-refractivity contribution in [3.8, 4) is 11.5 Å². The molecule has 0 aliphatic carbocycles. The second-order valence-electron chi connectivity index (χ2n) is 7.04. The van der Waals surface area contributed by atoms with Gasteiger partial charge in [0.1, 0.15) is 0 Å². The number of methoxy groups -OCH3 is 2. The predicted molar refractivity (Wildman–Crippen MR) is 111 cm³/mol. The summed E-state index contributed by atoms with van der Waals surface area (Å²) in [7, 11) is 5.12. The Morgan fingerprint density at radius 3 is 2.50 bits per heavy atom. The summed E-state index contributed by atoms with van der Waals surface area (Å²) in [6.07, 6.45) is 3.53. The molecule has 0 fully saturated rings. The zero-order chi connectivity index (χ0) is 20.3. The molecule has 2 aromatic carbocycles. The van der Waals surface area contributed by atoms with Crippen molar-refractivity contribution in [1.29, 1.82) is 0 Å². The first kappa shape index (κ1) is 19.5. The van der Waals surface area contributed by atoms with Crippen molar-refractivity contribution < 1.29 is 14.3 Å². The number of carbonyl (C=O) groups excluding carboxylic acids is 1. The molecule has 1 N–H and O–H groups in total. The molecule has 0 atom stereocenters. The van der Waals surface area contributed by atoms with E-state index >= 15 is 0 Å². The number of rotatable bonds is 5. The van der Waals surface area contributed by atoms with Crippen LogP contribution in [0, 0.1) is 0 Å². The van der Waals surface area contributed by atoms with Gasteiger partial charge in [-0.05, 0) is 35.9 Å². The van der Waals surface area contributed by atoms with Gasteiger partial charge in [0.2, 0.25) is 0 Å². The van der Waals surface area contributed by atoms with Crippen molar-refractivity contribution in [2.24, 2.45) is 5.10 Å². The number of nitrogens with zero attached hydrogens (tertiary/aromatic N) is 2. The van der Waals surface area contributed by atoms with E-state index in [9.17, 15) is 4.79 Å². The van der Waals surface area contributed by atoms with Crippen LogP contribution in [0.15, 0.2) is 59.3 Å². The van der Waals surface area contributed by atoms with Crippen LogP contribution in [-0.4, -0.2) is 33.4 Å². The Morgan fingerprint density at radius 2 is 1.82 bits per heavy atom. The molecule has 0 bridgehead atoms. The molecule has 0 aromatic heterocycles. The smallest absolute Gasteiger partial charge is 0.271 e. The van der Waals surface area contributed by atoms with Crippen LogP contribution in [0.25, 0.3) is 0 Å². The third kappa shape index (κ3) is 3.45. The van der Waals surface area contributed by atoms with Crippen LogP contribution >= 0.6 is 0 Å². The number of hydrogen-bond acceptors (Lipinski definition) is 5. The Kier molecular flexibility index (Phi) is 5.40. The third-order valence-electron chi connectivity index (χ3n) is 5.06. The Bertz CT molecular complexity index is 948. The van der Waals surface area contributed by atoms with E-state index in [4.69, 9.17) is 9.47 Å². The van der Waals surface area contributed by atoms with Crippen LogP contribution in [0.5, 0.6) is 11.5 Å². The lowest BCUT2D eigenvalue weighted by Crippen LogP contribution is -2.23. The molecule has 2 aromatic rings. The lowest BCUT2D eigenvalue weighted by Gasteiger charge is -2.23. The standard InChI is InChI=1S/C22H25N3O3/c1-22(2)16-8-6-7-9-17(16)25(3)20(22)12-13-23-24-21(26)15-10-11-18(27-4)19(14-15)28-5/h6-14H,1-5H3,(H,24,26)/b20-12+,23-13+. The Labute approximate surface area is 165 Å². The lowest BCUT2D eigenvalue weighted by molar-refractivity contribution is 0.0954. The monoisotopic (exact) mass is 379 g/mol. The summed E-state index contributed by atoms with van der Waals surface area (Å²) in [5, 5.41) is 4.07. The van der Waals surface area contributed by atoms with E-state index in [1.165, 1.54) is 18.4 Å². The number of ether oxygens (including phenoxy) is 2. The number of para-hydroxylation sites is 1. The maximum Gasteiger partial charge on any atom is 0.271 e. The Morgan fingerprint density at radius 1 is 1.11 bits per heavy atom. The quantitative estimate of drug-likeness (QED) is 0.635. The minimum atomic E-state index is -0.321. The van der Waals surface area contributed by atoms with Crippen LogP contribution in [-0.2, 0) is 5.41 Å². The first-order valence-corrected chi connectivity index (χ1v) is 8.99. The molecule has 0 saturated carbocycles. The summed E-state index contributed by atoms with van der Waals surface area (Å²) in [5.74, 6) is 0.740. The Balaban J connectivity index is 1.73. The summed E-state index contributed by atoms with van der Waals surface area (Å²) in [4.78, 5) is 14.5. The SMILES string of the molecule is COc1ccc(C(=O)N/N=C/C=C2/N(C)c3ccccc3C2(C)C)cc1OC. The number of hydrogen-bond donors (Lipinski definition) is 1. The number of likely N-dealkylation sites (N-methyl/N-ethyl adjacent to an activating group) is 1. The van der Waals surface area contributed by atoms with E-state index in [1.54, 1.807) is 31.5 Å².